The largest absolute Gasteiger partial charge is 0.487 e. The van der Waals surface area contributed by atoms with Crippen molar-refractivity contribution in [2.24, 2.45) is 0 Å². The predicted molar refractivity (Wildman–Crippen MR) is 131 cm³/mol. The van der Waals surface area contributed by atoms with Crippen molar-refractivity contribution >= 4 is 38.8 Å². The molecule has 2 aromatic carbocycles. The second-order valence-electron chi connectivity index (χ2n) is 8.94. The van der Waals surface area contributed by atoms with Crippen molar-refractivity contribution in [2.45, 2.75) is 44.2 Å². The van der Waals surface area contributed by atoms with Crippen molar-refractivity contribution in [3.8, 4) is 5.75 Å². The molecule has 1 fully saturated rings. The monoisotopic (exact) mass is 526 g/mol. The Bertz CT molecular complexity index is 1220. The summed E-state index contributed by atoms with van der Waals surface area (Å²) in [6.45, 7) is 3.52. The Balaban J connectivity index is 1.38. The van der Waals surface area contributed by atoms with Gasteiger partial charge in [-0.2, -0.15) is 5.10 Å². The number of hydrogen-bond acceptors (Lipinski definition) is 5. The number of para-hydroxylation sites is 1. The van der Waals surface area contributed by atoms with E-state index in [9.17, 15) is 9.59 Å². The minimum absolute atomic E-state index is 0.164. The maximum Gasteiger partial charge on any atom is 0.409 e. The number of halogens is 1. The Morgan fingerprint density at radius 3 is 2.91 bits per heavy atom. The highest BCUT2D eigenvalue weighted by molar-refractivity contribution is 9.10. The van der Waals surface area contributed by atoms with E-state index in [1.54, 1.807) is 17.2 Å². The number of carbonyl (C=O) groups is 2. The first-order valence-electron chi connectivity index (χ1n) is 11.6. The number of ether oxygens (including phenoxy) is 2. The van der Waals surface area contributed by atoms with E-state index in [0.29, 0.717) is 44.5 Å². The number of H-pyrrole nitrogens is 1. The van der Waals surface area contributed by atoms with Gasteiger partial charge in [0, 0.05) is 47.8 Å². The summed E-state index contributed by atoms with van der Waals surface area (Å²) in [6.07, 6.45) is 4.21. The minimum Gasteiger partial charge on any atom is -0.487 e. The molecule has 2 aliphatic heterocycles. The van der Waals surface area contributed by atoms with E-state index in [1.807, 2.05) is 37.3 Å². The Hall–Kier alpha value is -3.07. The molecule has 1 unspecified atom stereocenters. The van der Waals surface area contributed by atoms with Gasteiger partial charge in [-0.3, -0.25) is 9.89 Å². The molecule has 34 heavy (non-hydrogen) atoms. The highest BCUT2D eigenvalue weighted by atomic mass is 79.9. The van der Waals surface area contributed by atoms with Crippen LogP contribution < -0.4 is 10.1 Å². The molecule has 178 valence electrons. The summed E-state index contributed by atoms with van der Waals surface area (Å²) >= 11 is 3.55. The van der Waals surface area contributed by atoms with Crippen LogP contribution in [0.1, 0.15) is 54.6 Å². The van der Waals surface area contributed by atoms with Gasteiger partial charge in [0.2, 0.25) is 0 Å². The fraction of sp³-hybridized carbons (Fsp3) is 0.400. The number of likely N-dealkylation sites (tertiary alicyclic amines) is 1. The lowest BCUT2D eigenvalue weighted by atomic mass is 9.80. The molecule has 8 nitrogen and oxygen atoms in total. The number of rotatable bonds is 4. The van der Waals surface area contributed by atoms with Crippen molar-refractivity contribution in [1.29, 1.82) is 0 Å². The molecule has 2 aliphatic rings. The number of aromatic nitrogens is 2. The lowest BCUT2D eigenvalue weighted by molar-refractivity contribution is -0.0237. The highest BCUT2D eigenvalue weighted by Gasteiger charge is 2.44. The van der Waals surface area contributed by atoms with Gasteiger partial charge in [-0.25, -0.2) is 4.79 Å². The van der Waals surface area contributed by atoms with Crippen molar-refractivity contribution < 1.29 is 19.1 Å². The zero-order valence-corrected chi connectivity index (χ0v) is 20.6. The fourth-order valence-corrected chi connectivity index (χ4v) is 5.23. The summed E-state index contributed by atoms with van der Waals surface area (Å²) in [5.74, 6) is 0.602. The van der Waals surface area contributed by atoms with Crippen LogP contribution in [-0.2, 0) is 4.74 Å². The second-order valence-corrected chi connectivity index (χ2v) is 9.85. The quantitative estimate of drug-likeness (QED) is 0.500. The molecular weight excluding hydrogens is 500 g/mol. The average molecular weight is 527 g/mol. The van der Waals surface area contributed by atoms with Gasteiger partial charge in [0.15, 0.2) is 0 Å². The number of aromatic amines is 1. The van der Waals surface area contributed by atoms with Gasteiger partial charge in [0.25, 0.3) is 5.91 Å². The summed E-state index contributed by atoms with van der Waals surface area (Å²) in [5, 5.41) is 11.1. The molecule has 1 atom stereocenters. The first kappa shape index (κ1) is 22.7. The molecule has 1 saturated heterocycles. The molecule has 3 aromatic rings. The van der Waals surface area contributed by atoms with Gasteiger partial charge in [0.05, 0.1) is 29.9 Å². The number of hydrogen-bond donors (Lipinski definition) is 2. The van der Waals surface area contributed by atoms with Gasteiger partial charge in [-0.1, -0.05) is 35.0 Å². The third-order valence-corrected chi connectivity index (χ3v) is 7.13. The molecule has 0 bridgehead atoms. The van der Waals surface area contributed by atoms with Crippen molar-refractivity contribution in [1.82, 2.24) is 20.4 Å². The Kier molecular flexibility index (Phi) is 6.20. The number of benzene rings is 2. The summed E-state index contributed by atoms with van der Waals surface area (Å²) < 4.78 is 12.8. The van der Waals surface area contributed by atoms with E-state index in [1.165, 1.54) is 0 Å². The number of nitrogens with zero attached hydrogens (tertiary/aromatic N) is 2. The molecule has 5 rings (SSSR count). The zero-order chi connectivity index (χ0) is 23.7. The molecular formula is C25H27BrN4O4. The Morgan fingerprint density at radius 1 is 1.29 bits per heavy atom. The summed E-state index contributed by atoms with van der Waals surface area (Å²) in [4.78, 5) is 27.4. The third-order valence-electron chi connectivity index (χ3n) is 6.64. The first-order chi connectivity index (χ1) is 16.5. The second kappa shape index (κ2) is 9.29. The number of fused-ring (bicyclic) bond motifs is 2. The normalized spacial score (nSPS) is 18.9. The molecule has 0 saturated carbocycles. The molecule has 1 aromatic heterocycles. The minimum atomic E-state index is -0.458. The van der Waals surface area contributed by atoms with Crippen LogP contribution in [0, 0.1) is 0 Å². The van der Waals surface area contributed by atoms with Crippen LogP contribution in [0.15, 0.2) is 47.1 Å². The summed E-state index contributed by atoms with van der Waals surface area (Å²) in [6, 6.07) is 11.2. The highest BCUT2D eigenvalue weighted by Crippen LogP contribution is 2.45. The van der Waals surface area contributed by atoms with Crippen LogP contribution in [0.2, 0.25) is 0 Å². The number of piperidine rings is 1. The van der Waals surface area contributed by atoms with Crippen LogP contribution in [0.5, 0.6) is 5.75 Å². The first-order valence-corrected chi connectivity index (χ1v) is 12.4. The van der Waals surface area contributed by atoms with Gasteiger partial charge < -0.3 is 19.7 Å². The molecule has 2 N–H and O–H groups in total. The van der Waals surface area contributed by atoms with Crippen molar-refractivity contribution in [3.05, 3.63) is 58.2 Å². The summed E-state index contributed by atoms with van der Waals surface area (Å²) in [5.41, 5.74) is 1.76. The van der Waals surface area contributed by atoms with Crippen molar-refractivity contribution in [2.75, 3.05) is 19.7 Å². The van der Waals surface area contributed by atoms with Gasteiger partial charge in [-0.15, -0.1) is 0 Å². The fourth-order valence-electron chi connectivity index (χ4n) is 4.85. The van der Waals surface area contributed by atoms with Crippen LogP contribution in [0.4, 0.5) is 4.79 Å². The molecule has 0 aliphatic carbocycles. The average Bonchev–Trinajstić information content (AvgIpc) is 3.32. The lowest BCUT2D eigenvalue weighted by Gasteiger charge is -2.46. The SMILES string of the molecule is CCCOC(=O)N1CCC2(CC1)CC(NC(=O)c1cccc3cn[nH]c13)c1cc(Br)ccc1O2. The van der Waals surface area contributed by atoms with Crippen LogP contribution >= 0.6 is 15.9 Å². The number of nitrogens with one attached hydrogen (secondary N) is 2. The lowest BCUT2D eigenvalue weighted by Crippen LogP contribution is -2.53. The van der Waals surface area contributed by atoms with Gasteiger partial charge in [0.1, 0.15) is 11.4 Å². The van der Waals surface area contributed by atoms with Crippen molar-refractivity contribution in [3.63, 3.8) is 0 Å². The summed E-state index contributed by atoms with van der Waals surface area (Å²) in [7, 11) is 0. The Labute approximate surface area is 206 Å². The molecule has 0 radical (unpaired) electrons. The van der Waals surface area contributed by atoms with E-state index >= 15 is 0 Å². The van der Waals surface area contributed by atoms with E-state index in [2.05, 4.69) is 31.4 Å². The smallest absolute Gasteiger partial charge is 0.409 e. The Morgan fingerprint density at radius 2 is 2.12 bits per heavy atom. The zero-order valence-electron chi connectivity index (χ0n) is 19.0. The topological polar surface area (TPSA) is 96.5 Å². The number of amides is 2. The number of carbonyl (C=O) groups excluding carboxylic acids is 2. The van der Waals surface area contributed by atoms with E-state index in [0.717, 1.165) is 33.1 Å². The van der Waals surface area contributed by atoms with E-state index < -0.39 is 5.60 Å². The standard InChI is InChI=1S/C25H27BrN4O4/c1-2-12-33-24(32)30-10-8-25(9-11-30)14-20(19-13-17(26)6-7-21(19)34-25)28-23(31)18-5-3-4-16-15-27-29-22(16)18/h3-7,13,15,20H,2,8-12,14H2,1H3,(H,27,29)(H,28,31). The third kappa shape index (κ3) is 4.36. The molecule has 9 heteroatoms. The molecule has 2 amide bonds. The van der Waals surface area contributed by atoms with Gasteiger partial charge >= 0.3 is 6.09 Å². The van der Waals surface area contributed by atoms with E-state index in [4.69, 9.17) is 9.47 Å². The van der Waals surface area contributed by atoms with Crippen LogP contribution in [0.3, 0.4) is 0 Å². The predicted octanol–water partition coefficient (Wildman–Crippen LogP) is 4.96. The maximum atomic E-state index is 13.4. The van der Waals surface area contributed by atoms with Crippen LogP contribution in [0.25, 0.3) is 10.9 Å². The van der Waals surface area contributed by atoms with Gasteiger partial charge in [-0.05, 0) is 30.7 Å². The van der Waals surface area contributed by atoms with Crippen LogP contribution in [-0.4, -0.2) is 52.4 Å². The van der Waals surface area contributed by atoms with E-state index in [-0.39, 0.29) is 18.0 Å². The maximum absolute atomic E-state index is 13.4. The molecule has 3 heterocycles. The molecule has 1 spiro atoms.